The van der Waals surface area contributed by atoms with Crippen molar-refractivity contribution in [1.82, 2.24) is 4.90 Å². The zero-order valence-corrected chi connectivity index (χ0v) is 20.6. The van der Waals surface area contributed by atoms with Gasteiger partial charge in [-0.2, -0.15) is 0 Å². The Bertz CT molecular complexity index is 487. The number of carbonyl (C=O) groups is 2. The van der Waals surface area contributed by atoms with Crippen LogP contribution >= 0.6 is 0 Å². The first kappa shape index (κ1) is 26.9. The molecule has 176 valence electrons. The molecule has 0 aliphatic carbocycles. The van der Waals surface area contributed by atoms with E-state index in [0.717, 1.165) is 36.8 Å². The van der Waals surface area contributed by atoms with Crippen LogP contribution in [-0.2, 0) is 14.3 Å². The second-order valence-corrected chi connectivity index (χ2v) is 10.3. The number of nitrogens with zero attached hydrogens (tertiary/aromatic N) is 2. The van der Waals surface area contributed by atoms with Crippen molar-refractivity contribution < 1.29 is 18.8 Å². The van der Waals surface area contributed by atoms with Gasteiger partial charge in [-0.3, -0.25) is 9.59 Å². The summed E-state index contributed by atoms with van der Waals surface area (Å²) in [4.78, 5) is 26.6. The molecule has 1 amide bonds. The first-order chi connectivity index (χ1) is 14.3. The molecule has 1 fully saturated rings. The van der Waals surface area contributed by atoms with Crippen molar-refractivity contribution >= 4 is 11.9 Å². The Balaban J connectivity index is 2.19. The average Bonchev–Trinajstić information content (AvgIpc) is 3.06. The minimum atomic E-state index is -0.276. The molecule has 0 saturated carbocycles. The van der Waals surface area contributed by atoms with Crippen LogP contribution in [0.15, 0.2) is 0 Å². The fourth-order valence-corrected chi connectivity index (χ4v) is 4.17. The Morgan fingerprint density at radius 1 is 1.03 bits per heavy atom. The van der Waals surface area contributed by atoms with E-state index in [-0.39, 0.29) is 17.8 Å². The zero-order valence-electron chi connectivity index (χ0n) is 20.6. The molecule has 1 aliphatic heterocycles. The van der Waals surface area contributed by atoms with Crippen molar-refractivity contribution in [1.29, 1.82) is 0 Å². The molecule has 0 aromatic rings. The lowest BCUT2D eigenvalue weighted by atomic mass is 9.98. The van der Waals surface area contributed by atoms with Gasteiger partial charge in [0.25, 0.3) is 0 Å². The van der Waals surface area contributed by atoms with Crippen molar-refractivity contribution in [2.45, 2.75) is 90.9 Å². The lowest BCUT2D eigenvalue weighted by Gasteiger charge is -2.25. The smallest absolute Gasteiger partial charge is 0.311 e. The van der Waals surface area contributed by atoms with Crippen molar-refractivity contribution in [3.8, 4) is 0 Å². The van der Waals surface area contributed by atoms with E-state index in [1.165, 1.54) is 51.4 Å². The molecule has 0 bridgehead atoms. The molecular weight excluding hydrogens is 376 g/mol. The number of ether oxygens (including phenoxy) is 1. The molecule has 0 N–H and O–H groups in total. The van der Waals surface area contributed by atoms with Crippen LogP contribution in [0.5, 0.6) is 0 Å². The topological polar surface area (TPSA) is 46.6 Å². The van der Waals surface area contributed by atoms with Gasteiger partial charge in [-0.05, 0) is 12.3 Å². The minimum absolute atomic E-state index is 0.101. The molecule has 5 nitrogen and oxygen atoms in total. The van der Waals surface area contributed by atoms with E-state index in [1.54, 1.807) is 0 Å². The van der Waals surface area contributed by atoms with Crippen LogP contribution in [-0.4, -0.2) is 68.6 Å². The zero-order chi connectivity index (χ0) is 22.4. The summed E-state index contributed by atoms with van der Waals surface area (Å²) in [5.41, 5.74) is 0. The van der Waals surface area contributed by atoms with Gasteiger partial charge in [0.2, 0.25) is 5.91 Å². The maximum Gasteiger partial charge on any atom is 0.311 e. The van der Waals surface area contributed by atoms with Gasteiger partial charge in [-0.25, -0.2) is 0 Å². The number of quaternary nitrogens is 1. The highest BCUT2D eigenvalue weighted by atomic mass is 16.5. The molecule has 0 spiro atoms. The summed E-state index contributed by atoms with van der Waals surface area (Å²) in [6, 6.07) is 0. The maximum atomic E-state index is 12.5. The molecule has 5 heteroatoms. The quantitative estimate of drug-likeness (QED) is 0.186. The lowest BCUT2D eigenvalue weighted by molar-refractivity contribution is -0.870. The van der Waals surface area contributed by atoms with Gasteiger partial charge in [-0.15, -0.1) is 0 Å². The highest BCUT2D eigenvalue weighted by Crippen LogP contribution is 2.21. The summed E-state index contributed by atoms with van der Waals surface area (Å²) in [5.74, 6) is 0.102. The maximum absolute atomic E-state index is 12.5. The Morgan fingerprint density at radius 3 is 2.27 bits per heavy atom. The van der Waals surface area contributed by atoms with E-state index in [9.17, 15) is 9.59 Å². The van der Waals surface area contributed by atoms with Gasteiger partial charge >= 0.3 is 5.97 Å². The largest absolute Gasteiger partial charge is 0.465 e. The molecule has 1 rings (SSSR count). The second kappa shape index (κ2) is 14.8. The second-order valence-electron chi connectivity index (χ2n) is 10.3. The number of esters is 1. The summed E-state index contributed by atoms with van der Waals surface area (Å²) >= 11 is 0. The molecule has 2 unspecified atom stereocenters. The Kier molecular flexibility index (Phi) is 13.3. The summed E-state index contributed by atoms with van der Waals surface area (Å²) in [6.45, 7) is 7.25. The normalized spacial score (nSPS) is 18.1. The van der Waals surface area contributed by atoms with E-state index in [2.05, 4.69) is 35.0 Å². The Morgan fingerprint density at radius 2 is 1.67 bits per heavy atom. The molecule has 1 saturated heterocycles. The monoisotopic (exact) mass is 425 g/mol. The SMILES string of the molecule is CCCCCCCCCCC(CC)COC(=O)C1CC(=O)N(CCC[N+](C)(C)C)C1. The molecule has 1 heterocycles. The predicted molar refractivity (Wildman–Crippen MR) is 124 cm³/mol. The molecule has 30 heavy (non-hydrogen) atoms. The van der Waals surface area contributed by atoms with E-state index in [1.807, 2.05) is 4.90 Å². The standard InChI is InChI=1S/C25H49N2O3/c1-6-8-9-10-11-12-13-14-16-22(7-2)21-30-25(29)23-19-24(28)26(20-23)17-15-18-27(3,4)5/h22-23H,6-21H2,1-5H3/q+1. The minimum Gasteiger partial charge on any atom is -0.465 e. The third kappa shape index (κ3) is 11.9. The molecule has 0 aromatic carbocycles. The van der Waals surface area contributed by atoms with Gasteiger partial charge in [0.15, 0.2) is 0 Å². The molecule has 0 radical (unpaired) electrons. The molecule has 1 aliphatic rings. The van der Waals surface area contributed by atoms with Crippen molar-refractivity contribution in [2.75, 3.05) is 47.4 Å². The molecular formula is C25H49N2O3+. The lowest BCUT2D eigenvalue weighted by Crippen LogP contribution is -2.38. The number of carbonyl (C=O) groups excluding carboxylic acids is 2. The fraction of sp³-hybridized carbons (Fsp3) is 0.920. The van der Waals surface area contributed by atoms with Crippen LogP contribution in [0.1, 0.15) is 90.9 Å². The highest BCUT2D eigenvalue weighted by molar-refractivity contribution is 5.86. The summed E-state index contributed by atoms with van der Waals surface area (Å²) in [6.07, 6.45) is 14.1. The predicted octanol–water partition coefficient (Wildman–Crippen LogP) is 5.03. The van der Waals surface area contributed by atoms with Crippen LogP contribution in [0.3, 0.4) is 0 Å². The van der Waals surface area contributed by atoms with Crippen LogP contribution in [0.4, 0.5) is 0 Å². The number of rotatable bonds is 17. The highest BCUT2D eigenvalue weighted by Gasteiger charge is 2.35. The summed E-state index contributed by atoms with van der Waals surface area (Å²) in [7, 11) is 6.47. The van der Waals surface area contributed by atoms with Crippen LogP contribution in [0, 0.1) is 11.8 Å². The first-order valence-corrected chi connectivity index (χ1v) is 12.5. The third-order valence-corrected chi connectivity index (χ3v) is 6.31. The van der Waals surface area contributed by atoms with Gasteiger partial charge in [0.05, 0.1) is 40.2 Å². The van der Waals surface area contributed by atoms with Gasteiger partial charge in [-0.1, -0.05) is 71.6 Å². The third-order valence-electron chi connectivity index (χ3n) is 6.31. The Hall–Kier alpha value is -1.10. The fourth-order valence-electron chi connectivity index (χ4n) is 4.17. The molecule has 2 atom stereocenters. The summed E-state index contributed by atoms with van der Waals surface area (Å²) in [5, 5.41) is 0. The first-order valence-electron chi connectivity index (χ1n) is 12.5. The van der Waals surface area contributed by atoms with E-state index >= 15 is 0 Å². The number of unbranched alkanes of at least 4 members (excludes halogenated alkanes) is 7. The average molecular weight is 426 g/mol. The van der Waals surface area contributed by atoms with Crippen LogP contribution in [0.2, 0.25) is 0 Å². The van der Waals surface area contributed by atoms with Gasteiger partial charge < -0.3 is 14.1 Å². The number of amides is 1. The van der Waals surface area contributed by atoms with Gasteiger partial charge in [0.1, 0.15) is 0 Å². The summed E-state index contributed by atoms with van der Waals surface area (Å²) < 4.78 is 6.53. The number of hydrogen-bond acceptors (Lipinski definition) is 3. The van der Waals surface area contributed by atoms with Crippen LogP contribution < -0.4 is 0 Å². The van der Waals surface area contributed by atoms with E-state index in [0.29, 0.717) is 25.5 Å². The van der Waals surface area contributed by atoms with Crippen molar-refractivity contribution in [2.24, 2.45) is 11.8 Å². The number of hydrogen-bond donors (Lipinski definition) is 0. The molecule has 0 aromatic heterocycles. The Labute approximate surface area is 186 Å². The van der Waals surface area contributed by atoms with Crippen LogP contribution in [0.25, 0.3) is 0 Å². The van der Waals surface area contributed by atoms with Gasteiger partial charge in [0, 0.05) is 25.9 Å². The van der Waals surface area contributed by atoms with E-state index < -0.39 is 0 Å². The number of likely N-dealkylation sites (tertiary alicyclic amines) is 1. The van der Waals surface area contributed by atoms with E-state index in [4.69, 9.17) is 4.74 Å². The van der Waals surface area contributed by atoms with Crippen molar-refractivity contribution in [3.05, 3.63) is 0 Å². The van der Waals surface area contributed by atoms with Crippen molar-refractivity contribution in [3.63, 3.8) is 0 Å².